The Morgan fingerprint density at radius 1 is 1.10 bits per heavy atom. The highest BCUT2D eigenvalue weighted by Crippen LogP contribution is 2.20. The molecular formula is C25H30N2O2. The molecule has 1 aliphatic rings. The summed E-state index contributed by atoms with van der Waals surface area (Å²) in [5.41, 5.74) is 5.42. The van der Waals surface area contributed by atoms with E-state index in [0.717, 1.165) is 17.0 Å². The van der Waals surface area contributed by atoms with Gasteiger partial charge in [-0.15, -0.1) is 0 Å². The number of rotatable bonds is 7. The second-order valence-corrected chi connectivity index (χ2v) is 7.73. The van der Waals surface area contributed by atoms with Crippen molar-refractivity contribution in [2.75, 3.05) is 13.2 Å². The number of allylic oxidation sites excluding steroid dienone is 3. The molecule has 1 amide bonds. The quantitative estimate of drug-likeness (QED) is 0.713. The van der Waals surface area contributed by atoms with Gasteiger partial charge in [-0.1, -0.05) is 37.3 Å². The van der Waals surface area contributed by atoms with E-state index in [4.69, 9.17) is 4.74 Å². The molecule has 0 radical (unpaired) electrons. The zero-order valence-corrected chi connectivity index (χ0v) is 17.7. The second kappa shape index (κ2) is 9.46. The zero-order chi connectivity index (χ0) is 20.8. The van der Waals surface area contributed by atoms with Crippen LogP contribution in [0.15, 0.2) is 77.5 Å². The molecule has 0 aliphatic carbocycles. The fourth-order valence-corrected chi connectivity index (χ4v) is 3.60. The fourth-order valence-electron chi connectivity index (χ4n) is 3.60. The molecule has 1 heterocycles. The molecule has 4 heteroatoms. The van der Waals surface area contributed by atoms with Crippen molar-refractivity contribution in [1.29, 1.82) is 0 Å². The molecule has 2 N–H and O–H groups in total. The van der Waals surface area contributed by atoms with E-state index in [-0.39, 0.29) is 17.9 Å². The van der Waals surface area contributed by atoms with E-state index >= 15 is 0 Å². The predicted octanol–water partition coefficient (Wildman–Crippen LogP) is 4.81. The molecule has 0 fully saturated rings. The van der Waals surface area contributed by atoms with Crippen LogP contribution in [0.1, 0.15) is 49.5 Å². The number of benzene rings is 2. The van der Waals surface area contributed by atoms with E-state index in [2.05, 4.69) is 44.4 Å². The molecular weight excluding hydrogens is 360 g/mol. The van der Waals surface area contributed by atoms with Gasteiger partial charge >= 0.3 is 0 Å². The summed E-state index contributed by atoms with van der Waals surface area (Å²) in [4.78, 5) is 12.6. The highest BCUT2D eigenvalue weighted by Gasteiger charge is 2.17. The number of hydrogen-bond donors (Lipinski definition) is 2. The first-order chi connectivity index (χ1) is 13.9. The molecule has 2 aromatic carbocycles. The lowest BCUT2D eigenvalue weighted by Crippen LogP contribution is -2.36. The molecule has 29 heavy (non-hydrogen) atoms. The lowest BCUT2D eigenvalue weighted by atomic mass is 9.97. The normalized spacial score (nSPS) is 17.2. The van der Waals surface area contributed by atoms with Crippen molar-refractivity contribution >= 4 is 5.91 Å². The summed E-state index contributed by atoms with van der Waals surface area (Å²) in [6.45, 7) is 9.54. The summed E-state index contributed by atoms with van der Waals surface area (Å²) in [6, 6.07) is 17.8. The molecule has 0 saturated heterocycles. The maximum atomic E-state index is 12.6. The average molecular weight is 391 g/mol. The first kappa shape index (κ1) is 20.7. The highest BCUT2D eigenvalue weighted by molar-refractivity contribution is 5.94. The molecule has 0 aromatic heterocycles. The summed E-state index contributed by atoms with van der Waals surface area (Å²) in [7, 11) is 0. The van der Waals surface area contributed by atoms with E-state index < -0.39 is 0 Å². The van der Waals surface area contributed by atoms with Crippen LogP contribution in [-0.4, -0.2) is 25.1 Å². The number of hydrogen-bond acceptors (Lipinski definition) is 3. The highest BCUT2D eigenvalue weighted by atomic mass is 16.5. The van der Waals surface area contributed by atoms with E-state index in [1.54, 1.807) is 0 Å². The Kier molecular flexibility index (Phi) is 6.76. The number of dihydropyridines is 1. The predicted molar refractivity (Wildman–Crippen MR) is 118 cm³/mol. The van der Waals surface area contributed by atoms with Gasteiger partial charge in [-0.3, -0.25) is 4.79 Å². The number of ether oxygens (including phenoxy) is 1. The lowest BCUT2D eigenvalue weighted by Gasteiger charge is -2.26. The third kappa shape index (κ3) is 5.50. The van der Waals surface area contributed by atoms with Gasteiger partial charge in [-0.05, 0) is 67.8 Å². The van der Waals surface area contributed by atoms with E-state index in [9.17, 15) is 4.79 Å². The maximum Gasteiger partial charge on any atom is 0.251 e. The lowest BCUT2D eigenvalue weighted by molar-refractivity contribution is 0.0956. The van der Waals surface area contributed by atoms with Crippen molar-refractivity contribution < 1.29 is 9.53 Å². The third-order valence-corrected chi connectivity index (χ3v) is 5.33. The van der Waals surface area contributed by atoms with Gasteiger partial charge in [0.05, 0.1) is 6.61 Å². The van der Waals surface area contributed by atoms with Crippen LogP contribution in [0.3, 0.4) is 0 Å². The Morgan fingerprint density at radius 2 is 1.79 bits per heavy atom. The Bertz CT molecular complexity index is 898. The standard InChI is InChI=1S/C25H30N2O2/c1-17-14-19(3)27-20(4)24(17)15-26-25(28)22-12-10-21(11-13-22)18(2)16-29-23-8-6-5-7-9-23/h5-14,18,20,27H,15-16H2,1-4H3,(H,26,28). The number of para-hydroxylation sites is 1. The van der Waals surface area contributed by atoms with Crippen molar-refractivity contribution in [2.45, 2.75) is 39.7 Å². The van der Waals surface area contributed by atoms with Gasteiger partial charge in [-0.2, -0.15) is 0 Å². The zero-order valence-electron chi connectivity index (χ0n) is 17.7. The minimum Gasteiger partial charge on any atom is -0.493 e. The Labute approximate surface area is 173 Å². The average Bonchev–Trinajstić information content (AvgIpc) is 2.72. The van der Waals surface area contributed by atoms with E-state index in [1.165, 1.54) is 11.1 Å². The van der Waals surface area contributed by atoms with Crippen LogP contribution in [0.2, 0.25) is 0 Å². The first-order valence-corrected chi connectivity index (χ1v) is 10.1. The van der Waals surface area contributed by atoms with Crippen LogP contribution in [0.4, 0.5) is 0 Å². The molecule has 2 unspecified atom stereocenters. The largest absolute Gasteiger partial charge is 0.493 e. The van der Waals surface area contributed by atoms with E-state index in [0.29, 0.717) is 18.7 Å². The van der Waals surface area contributed by atoms with Crippen molar-refractivity contribution in [3.8, 4) is 5.75 Å². The van der Waals surface area contributed by atoms with Crippen molar-refractivity contribution in [2.24, 2.45) is 0 Å². The van der Waals surface area contributed by atoms with Gasteiger partial charge in [-0.25, -0.2) is 0 Å². The summed E-state index contributed by atoms with van der Waals surface area (Å²) in [5.74, 6) is 1.06. The Morgan fingerprint density at radius 3 is 2.45 bits per heavy atom. The maximum absolute atomic E-state index is 12.6. The molecule has 152 valence electrons. The van der Waals surface area contributed by atoms with E-state index in [1.807, 2.05) is 54.6 Å². The van der Waals surface area contributed by atoms with Crippen LogP contribution in [0.25, 0.3) is 0 Å². The summed E-state index contributed by atoms with van der Waals surface area (Å²) >= 11 is 0. The summed E-state index contributed by atoms with van der Waals surface area (Å²) in [5, 5.41) is 6.46. The number of amides is 1. The minimum absolute atomic E-state index is 0.0523. The molecule has 3 rings (SSSR count). The molecule has 0 bridgehead atoms. The number of nitrogens with one attached hydrogen (secondary N) is 2. The van der Waals surface area contributed by atoms with Gasteiger partial charge in [0.15, 0.2) is 0 Å². The van der Waals surface area contributed by atoms with Gasteiger partial charge < -0.3 is 15.4 Å². The third-order valence-electron chi connectivity index (χ3n) is 5.33. The Hall–Kier alpha value is -3.01. The Balaban J connectivity index is 1.55. The van der Waals surface area contributed by atoms with Crippen LogP contribution < -0.4 is 15.4 Å². The molecule has 2 aromatic rings. The number of carbonyl (C=O) groups excluding carboxylic acids is 1. The molecule has 0 spiro atoms. The second-order valence-electron chi connectivity index (χ2n) is 7.73. The van der Waals surface area contributed by atoms with Crippen LogP contribution in [0, 0.1) is 0 Å². The fraction of sp³-hybridized carbons (Fsp3) is 0.320. The molecule has 1 aliphatic heterocycles. The van der Waals surface area contributed by atoms with Crippen LogP contribution in [0.5, 0.6) is 5.75 Å². The molecule has 4 nitrogen and oxygen atoms in total. The van der Waals surface area contributed by atoms with Crippen molar-refractivity contribution in [1.82, 2.24) is 10.6 Å². The molecule has 2 atom stereocenters. The van der Waals surface area contributed by atoms with Gasteiger partial charge in [0, 0.05) is 29.8 Å². The number of carbonyl (C=O) groups is 1. The first-order valence-electron chi connectivity index (χ1n) is 10.1. The SMILES string of the molecule is CC1=CC(C)=C(CNC(=O)c2ccc(C(C)COc3ccccc3)cc2)C(C)N1. The molecule has 0 saturated carbocycles. The smallest absolute Gasteiger partial charge is 0.251 e. The van der Waals surface area contributed by atoms with Gasteiger partial charge in [0.25, 0.3) is 5.91 Å². The van der Waals surface area contributed by atoms with Gasteiger partial charge in [0.2, 0.25) is 0 Å². The van der Waals surface area contributed by atoms with Crippen molar-refractivity contribution in [3.05, 3.63) is 88.6 Å². The monoisotopic (exact) mass is 390 g/mol. The minimum atomic E-state index is -0.0523. The summed E-state index contributed by atoms with van der Waals surface area (Å²) in [6.07, 6.45) is 2.12. The van der Waals surface area contributed by atoms with Gasteiger partial charge in [0.1, 0.15) is 5.75 Å². The topological polar surface area (TPSA) is 50.4 Å². The van der Waals surface area contributed by atoms with Crippen LogP contribution in [-0.2, 0) is 0 Å². The van der Waals surface area contributed by atoms with Crippen LogP contribution >= 0.6 is 0 Å². The summed E-state index contributed by atoms with van der Waals surface area (Å²) < 4.78 is 5.84. The van der Waals surface area contributed by atoms with Crippen molar-refractivity contribution in [3.63, 3.8) is 0 Å².